The van der Waals surface area contributed by atoms with Gasteiger partial charge in [0.25, 0.3) is 0 Å². The largest absolute Gasteiger partial charge is 0.312 e. The van der Waals surface area contributed by atoms with E-state index in [2.05, 4.69) is 38.7 Å². The lowest BCUT2D eigenvalue weighted by Crippen LogP contribution is -2.17. The van der Waals surface area contributed by atoms with Crippen LogP contribution in [0.2, 0.25) is 0 Å². The lowest BCUT2D eigenvalue weighted by Gasteiger charge is -2.02. The van der Waals surface area contributed by atoms with Crippen LogP contribution in [0.4, 0.5) is 0 Å². The second-order valence-corrected chi connectivity index (χ2v) is 3.99. The molecular weight excluding hydrogens is 216 g/mol. The summed E-state index contributed by atoms with van der Waals surface area (Å²) in [7, 11) is 1.96. The third kappa shape index (κ3) is 3.13. The van der Waals surface area contributed by atoms with Crippen molar-refractivity contribution < 1.29 is 0 Å². The summed E-state index contributed by atoms with van der Waals surface area (Å²) in [6, 6.07) is 0. The van der Waals surface area contributed by atoms with E-state index in [1.54, 1.807) is 0 Å². The molecule has 2 rings (SSSR count). The van der Waals surface area contributed by atoms with E-state index < -0.39 is 0 Å². The monoisotopic (exact) mass is 234 g/mol. The second kappa shape index (κ2) is 5.58. The van der Waals surface area contributed by atoms with Crippen molar-refractivity contribution in [3.8, 4) is 0 Å². The van der Waals surface area contributed by atoms with Gasteiger partial charge in [0.15, 0.2) is 0 Å². The van der Waals surface area contributed by atoms with Crippen LogP contribution in [-0.4, -0.2) is 31.5 Å². The summed E-state index contributed by atoms with van der Waals surface area (Å²) in [5.41, 5.74) is 2.44. The highest BCUT2D eigenvalue weighted by Crippen LogP contribution is 2.06. The summed E-state index contributed by atoms with van der Waals surface area (Å²) >= 11 is 0. The van der Waals surface area contributed by atoms with Crippen molar-refractivity contribution in [3.63, 3.8) is 0 Å². The van der Waals surface area contributed by atoms with Crippen molar-refractivity contribution in [2.75, 3.05) is 6.54 Å². The highest BCUT2D eigenvalue weighted by atomic mass is 15.3. The number of H-pyrrole nitrogens is 1. The van der Waals surface area contributed by atoms with Crippen LogP contribution in [0.25, 0.3) is 0 Å². The SMILES string of the molecule is CCc1nn(C)cc1CNCCc1ncn[nH]1. The molecule has 0 unspecified atom stereocenters. The summed E-state index contributed by atoms with van der Waals surface area (Å²) in [4.78, 5) is 4.08. The molecule has 0 amide bonds. The van der Waals surface area contributed by atoms with Crippen LogP contribution in [-0.2, 0) is 26.4 Å². The highest BCUT2D eigenvalue weighted by molar-refractivity contribution is 5.16. The van der Waals surface area contributed by atoms with Gasteiger partial charge in [-0.3, -0.25) is 9.78 Å². The molecule has 0 fully saturated rings. The van der Waals surface area contributed by atoms with Gasteiger partial charge in [-0.15, -0.1) is 0 Å². The van der Waals surface area contributed by atoms with Crippen LogP contribution >= 0.6 is 0 Å². The van der Waals surface area contributed by atoms with Gasteiger partial charge < -0.3 is 5.32 Å². The molecule has 0 radical (unpaired) electrons. The van der Waals surface area contributed by atoms with Crippen molar-refractivity contribution in [2.45, 2.75) is 26.3 Å². The smallest absolute Gasteiger partial charge is 0.137 e. The minimum atomic E-state index is 0.852. The first-order valence-electron chi connectivity index (χ1n) is 5.86. The molecule has 17 heavy (non-hydrogen) atoms. The van der Waals surface area contributed by atoms with E-state index in [4.69, 9.17) is 0 Å². The first-order valence-corrected chi connectivity index (χ1v) is 5.86. The first-order chi connectivity index (χ1) is 8.29. The lowest BCUT2D eigenvalue weighted by atomic mass is 10.2. The molecule has 0 saturated heterocycles. The zero-order valence-electron chi connectivity index (χ0n) is 10.3. The molecule has 0 aliphatic rings. The summed E-state index contributed by atoms with van der Waals surface area (Å²) < 4.78 is 1.87. The van der Waals surface area contributed by atoms with Gasteiger partial charge in [-0.05, 0) is 6.42 Å². The zero-order chi connectivity index (χ0) is 12.1. The normalized spacial score (nSPS) is 10.9. The Labute approximate surface area is 100 Å². The number of aromatic nitrogens is 5. The number of rotatable bonds is 6. The van der Waals surface area contributed by atoms with Crippen LogP contribution in [0, 0.1) is 0 Å². The molecule has 2 aromatic rings. The van der Waals surface area contributed by atoms with Crippen LogP contribution in [0.15, 0.2) is 12.5 Å². The van der Waals surface area contributed by atoms with Crippen LogP contribution in [0.1, 0.15) is 24.0 Å². The molecule has 0 spiro atoms. The van der Waals surface area contributed by atoms with E-state index >= 15 is 0 Å². The number of aromatic amines is 1. The standard InChI is InChI=1S/C11H18N6/c1-3-10-9(7-17(2)16-10)6-12-5-4-11-13-8-14-15-11/h7-8,12H,3-6H2,1-2H3,(H,13,14,15). The minimum absolute atomic E-state index is 0.852. The summed E-state index contributed by atoms with van der Waals surface area (Å²) in [6.45, 7) is 3.86. The molecule has 0 saturated carbocycles. The second-order valence-electron chi connectivity index (χ2n) is 3.99. The topological polar surface area (TPSA) is 71.4 Å². The molecule has 6 nitrogen and oxygen atoms in total. The molecule has 2 heterocycles. The van der Waals surface area contributed by atoms with E-state index in [1.807, 2.05) is 11.7 Å². The maximum absolute atomic E-state index is 4.41. The third-order valence-electron chi connectivity index (χ3n) is 2.65. The fraction of sp³-hybridized carbons (Fsp3) is 0.545. The average molecular weight is 234 g/mol. The molecule has 0 atom stereocenters. The minimum Gasteiger partial charge on any atom is -0.312 e. The molecule has 2 N–H and O–H groups in total. The van der Waals surface area contributed by atoms with Gasteiger partial charge >= 0.3 is 0 Å². The first kappa shape index (κ1) is 11.8. The summed E-state index contributed by atoms with van der Waals surface area (Å²) in [5.74, 6) is 0.916. The Morgan fingerprint density at radius 3 is 3.06 bits per heavy atom. The Hall–Kier alpha value is -1.69. The van der Waals surface area contributed by atoms with Crippen molar-refractivity contribution in [1.29, 1.82) is 0 Å². The van der Waals surface area contributed by atoms with E-state index in [1.165, 1.54) is 17.6 Å². The molecule has 0 bridgehead atoms. The quantitative estimate of drug-likeness (QED) is 0.711. The van der Waals surface area contributed by atoms with Gasteiger partial charge in [-0.1, -0.05) is 6.92 Å². The lowest BCUT2D eigenvalue weighted by molar-refractivity contribution is 0.668. The van der Waals surface area contributed by atoms with Gasteiger partial charge in [0, 0.05) is 38.3 Å². The Morgan fingerprint density at radius 1 is 1.47 bits per heavy atom. The summed E-state index contributed by atoms with van der Waals surface area (Å²) in [6.07, 6.45) is 5.44. The number of hydrogen-bond donors (Lipinski definition) is 2. The Morgan fingerprint density at radius 2 is 2.35 bits per heavy atom. The number of hydrogen-bond acceptors (Lipinski definition) is 4. The van der Waals surface area contributed by atoms with Crippen LogP contribution in [0.3, 0.4) is 0 Å². The molecule has 0 aromatic carbocycles. The van der Waals surface area contributed by atoms with Gasteiger partial charge in [-0.25, -0.2) is 4.98 Å². The van der Waals surface area contributed by atoms with E-state index in [-0.39, 0.29) is 0 Å². The predicted molar refractivity (Wildman–Crippen MR) is 64.4 cm³/mol. The van der Waals surface area contributed by atoms with Crippen molar-refractivity contribution in [2.24, 2.45) is 7.05 Å². The molecule has 92 valence electrons. The van der Waals surface area contributed by atoms with Crippen LogP contribution in [0.5, 0.6) is 0 Å². The Bertz CT molecular complexity index is 444. The average Bonchev–Trinajstić information content (AvgIpc) is 2.93. The van der Waals surface area contributed by atoms with E-state index in [0.29, 0.717) is 0 Å². The van der Waals surface area contributed by atoms with Gasteiger partial charge in [0.1, 0.15) is 12.2 Å². The van der Waals surface area contributed by atoms with Crippen molar-refractivity contribution in [1.82, 2.24) is 30.3 Å². The van der Waals surface area contributed by atoms with Crippen LogP contribution < -0.4 is 5.32 Å². The van der Waals surface area contributed by atoms with Crippen molar-refractivity contribution >= 4 is 0 Å². The molecule has 0 aliphatic carbocycles. The fourth-order valence-electron chi connectivity index (χ4n) is 1.81. The zero-order valence-corrected chi connectivity index (χ0v) is 10.3. The van der Waals surface area contributed by atoms with Gasteiger partial charge in [-0.2, -0.15) is 10.2 Å². The predicted octanol–water partition coefficient (Wildman–Crippen LogP) is 0.433. The summed E-state index contributed by atoms with van der Waals surface area (Å²) in [5, 5.41) is 14.5. The van der Waals surface area contributed by atoms with E-state index in [9.17, 15) is 0 Å². The molecule has 0 aliphatic heterocycles. The number of nitrogens with zero attached hydrogens (tertiary/aromatic N) is 4. The Balaban J connectivity index is 1.77. The number of nitrogens with one attached hydrogen (secondary N) is 2. The molecule has 2 aromatic heterocycles. The van der Waals surface area contributed by atoms with Gasteiger partial charge in [0.2, 0.25) is 0 Å². The van der Waals surface area contributed by atoms with E-state index in [0.717, 1.165) is 31.8 Å². The molecule has 6 heteroatoms. The third-order valence-corrected chi connectivity index (χ3v) is 2.65. The maximum Gasteiger partial charge on any atom is 0.137 e. The van der Waals surface area contributed by atoms with Gasteiger partial charge in [0.05, 0.1) is 5.69 Å². The Kier molecular flexibility index (Phi) is 3.87. The fourth-order valence-corrected chi connectivity index (χ4v) is 1.81. The van der Waals surface area contributed by atoms with Crippen molar-refractivity contribution in [3.05, 3.63) is 29.6 Å². The number of aryl methyl sites for hydroxylation is 2. The maximum atomic E-state index is 4.41. The highest BCUT2D eigenvalue weighted by Gasteiger charge is 2.04. The molecular formula is C11H18N6.